The van der Waals surface area contributed by atoms with E-state index in [1.807, 2.05) is 47.6 Å². The van der Waals surface area contributed by atoms with E-state index in [1.165, 1.54) is 0 Å². The number of hydrogen-bond donors (Lipinski definition) is 0. The number of carbonyl (C=O) groups is 1. The molecule has 1 aliphatic heterocycles. The molecule has 3 aromatic rings. The zero-order valence-corrected chi connectivity index (χ0v) is 16.8. The Balaban J connectivity index is 1.77. The Kier molecular flexibility index (Phi) is 5.51. The first-order valence-corrected chi connectivity index (χ1v) is 9.82. The van der Waals surface area contributed by atoms with Gasteiger partial charge in [0.2, 0.25) is 5.91 Å². The number of imidazole rings is 1. The number of likely N-dealkylation sites (tertiary alicyclic amines) is 1. The van der Waals surface area contributed by atoms with Crippen LogP contribution in [-0.2, 0) is 11.3 Å². The monoisotopic (exact) mass is 391 g/mol. The van der Waals surface area contributed by atoms with Crippen molar-refractivity contribution in [2.75, 3.05) is 27.3 Å². The van der Waals surface area contributed by atoms with Gasteiger partial charge in [0.05, 0.1) is 31.9 Å². The second-order valence-corrected chi connectivity index (χ2v) is 7.05. The van der Waals surface area contributed by atoms with Crippen LogP contribution in [-0.4, -0.2) is 47.7 Å². The van der Waals surface area contributed by atoms with Crippen LogP contribution in [0.15, 0.2) is 54.9 Å². The number of ether oxygens (including phenoxy) is 2. The van der Waals surface area contributed by atoms with Gasteiger partial charge in [0.1, 0.15) is 11.5 Å². The standard InChI is InChI=1S/C23H25N3O3/c1-28-18-10-11-19(20(15-18)29-2)23-22(17-7-4-3-5-8-17)24-16-26(23)14-13-25-12-6-9-21(25)27/h3-5,7-8,10-11,15-16H,6,9,12-14H2,1-2H3. The molecular weight excluding hydrogens is 366 g/mol. The van der Waals surface area contributed by atoms with Crippen molar-refractivity contribution in [3.63, 3.8) is 0 Å². The Morgan fingerprint density at radius 2 is 1.86 bits per heavy atom. The highest BCUT2D eigenvalue weighted by Crippen LogP contribution is 2.38. The van der Waals surface area contributed by atoms with E-state index < -0.39 is 0 Å². The Morgan fingerprint density at radius 1 is 1.03 bits per heavy atom. The van der Waals surface area contributed by atoms with Crippen LogP contribution in [0.2, 0.25) is 0 Å². The van der Waals surface area contributed by atoms with Crippen molar-refractivity contribution in [1.82, 2.24) is 14.5 Å². The van der Waals surface area contributed by atoms with Crippen molar-refractivity contribution < 1.29 is 14.3 Å². The minimum Gasteiger partial charge on any atom is -0.497 e. The molecule has 1 fully saturated rings. The normalized spacial score (nSPS) is 13.7. The van der Waals surface area contributed by atoms with Gasteiger partial charge < -0.3 is 18.9 Å². The van der Waals surface area contributed by atoms with Crippen LogP contribution in [0.5, 0.6) is 11.5 Å². The van der Waals surface area contributed by atoms with Crippen molar-refractivity contribution in [3.8, 4) is 34.0 Å². The third-order valence-corrected chi connectivity index (χ3v) is 5.33. The summed E-state index contributed by atoms with van der Waals surface area (Å²) in [6.45, 7) is 2.19. The fourth-order valence-corrected chi connectivity index (χ4v) is 3.80. The maximum atomic E-state index is 12.0. The number of hydrogen-bond acceptors (Lipinski definition) is 4. The maximum absolute atomic E-state index is 12.0. The van der Waals surface area contributed by atoms with E-state index in [0.29, 0.717) is 19.5 Å². The molecule has 6 heteroatoms. The smallest absolute Gasteiger partial charge is 0.222 e. The molecule has 2 heterocycles. The summed E-state index contributed by atoms with van der Waals surface area (Å²) in [5.74, 6) is 1.69. The summed E-state index contributed by atoms with van der Waals surface area (Å²) in [5.41, 5.74) is 3.85. The molecule has 1 aliphatic rings. The number of benzene rings is 2. The van der Waals surface area contributed by atoms with Crippen molar-refractivity contribution in [3.05, 3.63) is 54.9 Å². The minimum absolute atomic E-state index is 0.233. The van der Waals surface area contributed by atoms with Crippen molar-refractivity contribution in [2.45, 2.75) is 19.4 Å². The molecule has 1 saturated heterocycles. The highest BCUT2D eigenvalue weighted by Gasteiger charge is 2.22. The SMILES string of the molecule is COc1ccc(-c2c(-c3ccccc3)ncn2CCN2CCCC2=O)c(OC)c1. The summed E-state index contributed by atoms with van der Waals surface area (Å²) in [6, 6.07) is 15.9. The summed E-state index contributed by atoms with van der Waals surface area (Å²) >= 11 is 0. The number of rotatable bonds is 7. The van der Waals surface area contributed by atoms with Gasteiger partial charge in [-0.25, -0.2) is 4.98 Å². The maximum Gasteiger partial charge on any atom is 0.222 e. The molecule has 4 rings (SSSR count). The molecule has 2 aromatic carbocycles. The summed E-state index contributed by atoms with van der Waals surface area (Å²) < 4.78 is 13.1. The predicted octanol–water partition coefficient (Wildman–Crippen LogP) is 3.86. The summed E-state index contributed by atoms with van der Waals surface area (Å²) in [7, 11) is 3.30. The lowest BCUT2D eigenvalue weighted by atomic mass is 10.0. The quantitative estimate of drug-likeness (QED) is 0.614. The van der Waals surface area contributed by atoms with E-state index in [4.69, 9.17) is 14.5 Å². The molecule has 29 heavy (non-hydrogen) atoms. The van der Waals surface area contributed by atoms with E-state index in [9.17, 15) is 4.79 Å². The molecule has 1 aromatic heterocycles. The first kappa shape index (κ1) is 19.1. The fraction of sp³-hybridized carbons (Fsp3) is 0.304. The molecule has 0 unspecified atom stereocenters. The molecule has 0 aliphatic carbocycles. The van der Waals surface area contributed by atoms with Gasteiger partial charge >= 0.3 is 0 Å². The van der Waals surface area contributed by atoms with E-state index in [-0.39, 0.29) is 5.91 Å². The third kappa shape index (κ3) is 3.83. The van der Waals surface area contributed by atoms with E-state index in [2.05, 4.69) is 16.7 Å². The van der Waals surface area contributed by atoms with Gasteiger partial charge in [0, 0.05) is 43.2 Å². The van der Waals surface area contributed by atoms with Crippen molar-refractivity contribution >= 4 is 5.91 Å². The average molecular weight is 391 g/mol. The number of carbonyl (C=O) groups excluding carboxylic acids is 1. The zero-order valence-electron chi connectivity index (χ0n) is 16.8. The third-order valence-electron chi connectivity index (χ3n) is 5.33. The lowest BCUT2D eigenvalue weighted by molar-refractivity contribution is -0.127. The van der Waals surface area contributed by atoms with Gasteiger partial charge in [-0.15, -0.1) is 0 Å². The van der Waals surface area contributed by atoms with Gasteiger partial charge in [-0.05, 0) is 18.6 Å². The molecule has 0 radical (unpaired) electrons. The van der Waals surface area contributed by atoms with Crippen LogP contribution >= 0.6 is 0 Å². The Hall–Kier alpha value is -3.28. The van der Waals surface area contributed by atoms with Crippen LogP contribution in [0.4, 0.5) is 0 Å². The largest absolute Gasteiger partial charge is 0.497 e. The van der Waals surface area contributed by atoms with E-state index >= 15 is 0 Å². The molecular formula is C23H25N3O3. The molecule has 150 valence electrons. The Bertz CT molecular complexity index is 998. The topological polar surface area (TPSA) is 56.6 Å². The average Bonchev–Trinajstić information content (AvgIpc) is 3.38. The zero-order chi connectivity index (χ0) is 20.2. The number of nitrogens with zero attached hydrogens (tertiary/aromatic N) is 3. The van der Waals surface area contributed by atoms with E-state index in [1.54, 1.807) is 14.2 Å². The summed E-state index contributed by atoms with van der Waals surface area (Å²) in [6.07, 6.45) is 3.44. The number of methoxy groups -OCH3 is 2. The highest BCUT2D eigenvalue weighted by atomic mass is 16.5. The molecule has 1 amide bonds. The number of aromatic nitrogens is 2. The summed E-state index contributed by atoms with van der Waals surface area (Å²) in [4.78, 5) is 18.7. The van der Waals surface area contributed by atoms with Crippen molar-refractivity contribution in [1.29, 1.82) is 0 Å². The van der Waals surface area contributed by atoms with Crippen LogP contribution in [0.1, 0.15) is 12.8 Å². The van der Waals surface area contributed by atoms with Crippen LogP contribution in [0, 0.1) is 0 Å². The lowest BCUT2D eigenvalue weighted by Crippen LogP contribution is -2.28. The van der Waals surface area contributed by atoms with E-state index in [0.717, 1.165) is 47.0 Å². The minimum atomic E-state index is 0.233. The lowest BCUT2D eigenvalue weighted by Gasteiger charge is -2.18. The Labute approximate surface area is 170 Å². The fourth-order valence-electron chi connectivity index (χ4n) is 3.80. The first-order valence-electron chi connectivity index (χ1n) is 9.82. The predicted molar refractivity (Wildman–Crippen MR) is 112 cm³/mol. The van der Waals surface area contributed by atoms with Gasteiger partial charge in [0.15, 0.2) is 0 Å². The van der Waals surface area contributed by atoms with Gasteiger partial charge in [0.25, 0.3) is 0 Å². The Morgan fingerprint density at radius 3 is 2.55 bits per heavy atom. The molecule has 0 atom stereocenters. The van der Waals surface area contributed by atoms with Gasteiger partial charge in [-0.2, -0.15) is 0 Å². The van der Waals surface area contributed by atoms with Crippen LogP contribution in [0.3, 0.4) is 0 Å². The summed E-state index contributed by atoms with van der Waals surface area (Å²) in [5, 5.41) is 0. The molecule has 0 saturated carbocycles. The van der Waals surface area contributed by atoms with Gasteiger partial charge in [-0.1, -0.05) is 30.3 Å². The second kappa shape index (κ2) is 8.39. The van der Waals surface area contributed by atoms with Crippen molar-refractivity contribution in [2.24, 2.45) is 0 Å². The van der Waals surface area contributed by atoms with Crippen LogP contribution in [0.25, 0.3) is 22.5 Å². The second-order valence-electron chi connectivity index (χ2n) is 7.05. The number of amides is 1. The molecule has 0 spiro atoms. The molecule has 0 bridgehead atoms. The molecule has 0 N–H and O–H groups in total. The van der Waals surface area contributed by atoms with Gasteiger partial charge in [-0.3, -0.25) is 4.79 Å². The highest BCUT2D eigenvalue weighted by molar-refractivity contribution is 5.82. The van der Waals surface area contributed by atoms with Crippen LogP contribution < -0.4 is 9.47 Å². The first-order chi connectivity index (χ1) is 14.2. The molecule has 6 nitrogen and oxygen atoms in total.